The molecule has 0 bridgehead atoms. The lowest BCUT2D eigenvalue weighted by Crippen LogP contribution is -2.61. The fourth-order valence-electron chi connectivity index (χ4n) is 5.99. The Labute approximate surface area is 224 Å². The van der Waals surface area contributed by atoms with Crippen molar-refractivity contribution in [1.82, 2.24) is 15.5 Å². The summed E-state index contributed by atoms with van der Waals surface area (Å²) in [6.45, 7) is 8.60. The van der Waals surface area contributed by atoms with Crippen molar-refractivity contribution in [3.8, 4) is 6.07 Å². The normalized spacial score (nSPS) is 26.4. The molecule has 4 amide bonds. The van der Waals surface area contributed by atoms with Gasteiger partial charge in [0, 0.05) is 12.2 Å². The van der Waals surface area contributed by atoms with Crippen molar-refractivity contribution in [2.24, 2.45) is 22.7 Å². The number of hydrogen-bond donors (Lipinski definition) is 3. The summed E-state index contributed by atoms with van der Waals surface area (Å²) in [5.74, 6) is -4.92. The number of carbonyl (C=O) groups excluding carboxylic acids is 4. The van der Waals surface area contributed by atoms with E-state index in [2.05, 4.69) is 10.6 Å². The monoisotopic (exact) mass is 547 g/mol. The number of halogens is 3. The number of benzene rings is 1. The van der Waals surface area contributed by atoms with Crippen molar-refractivity contribution in [3.05, 3.63) is 29.8 Å². The van der Waals surface area contributed by atoms with E-state index in [1.807, 2.05) is 25.2 Å². The summed E-state index contributed by atoms with van der Waals surface area (Å²) in [6.07, 6.45) is -5.17. The maximum Gasteiger partial charge on any atom is 0.471 e. The Kier molecular flexibility index (Phi) is 6.94. The van der Waals surface area contributed by atoms with Gasteiger partial charge in [-0.05, 0) is 40.7 Å². The Morgan fingerprint density at radius 1 is 1.18 bits per heavy atom. The number of amides is 4. The lowest BCUT2D eigenvalue weighted by atomic mass is 9.85. The van der Waals surface area contributed by atoms with E-state index >= 15 is 0 Å². The second kappa shape index (κ2) is 9.54. The number of rotatable bonds is 6. The molecule has 4 rings (SSSR count). The van der Waals surface area contributed by atoms with Crippen molar-refractivity contribution in [1.29, 1.82) is 5.26 Å². The molecule has 0 radical (unpaired) electrons. The van der Waals surface area contributed by atoms with Crippen LogP contribution in [-0.4, -0.2) is 59.4 Å². The van der Waals surface area contributed by atoms with Gasteiger partial charge in [0.05, 0.1) is 12.0 Å². The minimum absolute atomic E-state index is 0.00942. The van der Waals surface area contributed by atoms with Gasteiger partial charge in [0.2, 0.25) is 17.7 Å². The van der Waals surface area contributed by atoms with Crippen molar-refractivity contribution in [3.63, 3.8) is 0 Å². The summed E-state index contributed by atoms with van der Waals surface area (Å²) in [6, 6.07) is 5.45. The van der Waals surface area contributed by atoms with E-state index in [0.29, 0.717) is 11.3 Å². The first kappa shape index (κ1) is 28.4. The van der Waals surface area contributed by atoms with E-state index in [0.717, 1.165) is 0 Å². The number of nitrogens with zero attached hydrogens (tertiary/aromatic N) is 2. The SMILES string of the molecule is CC(C)(C)C(NC(=O)C(F)(F)F)C(=O)N1C[C@H]2[C@@H]([C@H]1C(=O)N[C@H](C#N)CC1C(=O)Nc3ccccc31)C2(C)C. The molecule has 2 aliphatic heterocycles. The lowest BCUT2D eigenvalue weighted by Gasteiger charge is -2.37. The van der Waals surface area contributed by atoms with E-state index in [1.165, 1.54) is 25.7 Å². The van der Waals surface area contributed by atoms with Gasteiger partial charge in [-0.15, -0.1) is 0 Å². The molecule has 2 heterocycles. The smallest absolute Gasteiger partial charge is 0.339 e. The number of likely N-dealkylation sites (tertiary alicyclic amines) is 1. The van der Waals surface area contributed by atoms with Crippen LogP contribution in [-0.2, 0) is 19.2 Å². The number of nitriles is 1. The Hall–Kier alpha value is -3.62. The molecule has 1 aromatic carbocycles. The molecule has 2 unspecified atom stereocenters. The predicted octanol–water partition coefficient (Wildman–Crippen LogP) is 2.70. The molecule has 9 nitrogen and oxygen atoms in total. The zero-order chi connectivity index (χ0) is 29.1. The Morgan fingerprint density at radius 2 is 1.82 bits per heavy atom. The van der Waals surface area contributed by atoms with Crippen LogP contribution in [0.25, 0.3) is 0 Å². The van der Waals surface area contributed by atoms with Crippen molar-refractivity contribution in [2.45, 2.75) is 71.3 Å². The second-order valence-electron chi connectivity index (χ2n) is 12.2. The summed E-state index contributed by atoms with van der Waals surface area (Å²) in [7, 11) is 0. The quantitative estimate of drug-likeness (QED) is 0.504. The third-order valence-electron chi connectivity index (χ3n) is 8.26. The van der Waals surface area contributed by atoms with Crippen LogP contribution in [0.2, 0.25) is 0 Å². The van der Waals surface area contributed by atoms with Gasteiger partial charge in [-0.3, -0.25) is 19.2 Å². The highest BCUT2D eigenvalue weighted by Gasteiger charge is 2.70. The number of carbonyl (C=O) groups is 4. The highest BCUT2D eigenvalue weighted by molar-refractivity contribution is 6.03. The van der Waals surface area contributed by atoms with Gasteiger partial charge >= 0.3 is 12.1 Å². The standard InChI is InChI=1S/C27H32F3N5O4/c1-25(2,3)20(34-24(39)27(28,29)30)23(38)35-12-16-18(26(16,4)5)19(35)22(37)32-13(11-31)10-15-14-8-6-7-9-17(14)33-21(15)36/h6-9,13,15-16,18-20H,10,12H2,1-5H3,(H,32,37)(H,33,36)(H,34,39)/t13-,15?,16-,18-,19-,20?/m0/s1. The third-order valence-corrected chi connectivity index (χ3v) is 8.26. The predicted molar refractivity (Wildman–Crippen MR) is 134 cm³/mol. The molecule has 0 spiro atoms. The maximum atomic E-state index is 13.6. The molecule has 1 saturated carbocycles. The molecule has 3 N–H and O–H groups in total. The summed E-state index contributed by atoms with van der Waals surface area (Å²) >= 11 is 0. The molecule has 210 valence electrons. The highest BCUT2D eigenvalue weighted by atomic mass is 19.4. The third kappa shape index (κ3) is 5.18. The average molecular weight is 548 g/mol. The Balaban J connectivity index is 1.54. The summed E-state index contributed by atoms with van der Waals surface area (Å²) < 4.78 is 39.1. The van der Waals surface area contributed by atoms with Crippen LogP contribution in [0.4, 0.5) is 18.9 Å². The van der Waals surface area contributed by atoms with Gasteiger partial charge in [-0.2, -0.15) is 18.4 Å². The largest absolute Gasteiger partial charge is 0.471 e. The summed E-state index contributed by atoms with van der Waals surface area (Å²) in [5.41, 5.74) is -0.0246. The summed E-state index contributed by atoms with van der Waals surface area (Å²) in [5, 5.41) is 17.0. The molecule has 1 saturated heterocycles. The first-order chi connectivity index (χ1) is 18.0. The second-order valence-corrected chi connectivity index (χ2v) is 12.2. The van der Waals surface area contributed by atoms with Crippen LogP contribution in [0.3, 0.4) is 0 Å². The fourth-order valence-corrected chi connectivity index (χ4v) is 5.99. The van der Waals surface area contributed by atoms with Gasteiger partial charge in [-0.1, -0.05) is 52.8 Å². The van der Waals surface area contributed by atoms with Crippen LogP contribution in [0.5, 0.6) is 0 Å². The number of nitrogens with one attached hydrogen (secondary N) is 3. The maximum absolute atomic E-state index is 13.6. The van der Waals surface area contributed by atoms with Gasteiger partial charge in [-0.25, -0.2) is 0 Å². The zero-order valence-corrected chi connectivity index (χ0v) is 22.3. The van der Waals surface area contributed by atoms with Gasteiger partial charge in [0.25, 0.3) is 0 Å². The van der Waals surface area contributed by atoms with Crippen LogP contribution in [0.15, 0.2) is 24.3 Å². The molecular formula is C27H32F3N5O4. The minimum atomic E-state index is -5.18. The van der Waals surface area contributed by atoms with Crippen LogP contribution < -0.4 is 16.0 Å². The first-order valence-corrected chi connectivity index (χ1v) is 12.8. The Morgan fingerprint density at radius 3 is 2.41 bits per heavy atom. The van der Waals surface area contributed by atoms with Crippen LogP contribution in [0.1, 0.15) is 52.5 Å². The number of fused-ring (bicyclic) bond motifs is 2. The van der Waals surface area contributed by atoms with E-state index < -0.39 is 53.4 Å². The first-order valence-electron chi connectivity index (χ1n) is 12.8. The number of alkyl halides is 3. The highest BCUT2D eigenvalue weighted by Crippen LogP contribution is 2.65. The number of hydrogen-bond acceptors (Lipinski definition) is 5. The molecule has 12 heteroatoms. The topological polar surface area (TPSA) is 131 Å². The summed E-state index contributed by atoms with van der Waals surface area (Å²) in [4.78, 5) is 52.7. The molecule has 1 aliphatic carbocycles. The molecule has 3 aliphatic rings. The van der Waals surface area contributed by atoms with Gasteiger partial charge < -0.3 is 20.9 Å². The molecule has 1 aromatic rings. The van der Waals surface area contributed by atoms with Crippen molar-refractivity contribution >= 4 is 29.3 Å². The van der Waals surface area contributed by atoms with Gasteiger partial charge in [0.15, 0.2) is 0 Å². The fraction of sp³-hybridized carbons (Fsp3) is 0.593. The number of para-hydroxylation sites is 1. The molecule has 2 fully saturated rings. The number of piperidine rings is 1. The van der Waals surface area contributed by atoms with Crippen molar-refractivity contribution in [2.75, 3.05) is 11.9 Å². The lowest BCUT2D eigenvalue weighted by molar-refractivity contribution is -0.176. The van der Waals surface area contributed by atoms with E-state index in [4.69, 9.17) is 0 Å². The van der Waals surface area contributed by atoms with Crippen LogP contribution in [0, 0.1) is 34.0 Å². The van der Waals surface area contributed by atoms with Crippen molar-refractivity contribution < 1.29 is 32.3 Å². The Bertz CT molecular complexity index is 1250. The molecular weight excluding hydrogens is 515 g/mol. The van der Waals surface area contributed by atoms with E-state index in [1.54, 1.807) is 24.3 Å². The average Bonchev–Trinajstić information content (AvgIpc) is 3.15. The molecule has 6 atom stereocenters. The molecule has 39 heavy (non-hydrogen) atoms. The van der Waals surface area contributed by atoms with E-state index in [-0.39, 0.29) is 36.1 Å². The van der Waals surface area contributed by atoms with E-state index in [9.17, 15) is 37.6 Å². The van der Waals surface area contributed by atoms with Gasteiger partial charge in [0.1, 0.15) is 18.1 Å². The zero-order valence-electron chi connectivity index (χ0n) is 22.3. The van der Waals surface area contributed by atoms with Crippen LogP contribution >= 0.6 is 0 Å². The number of anilines is 1. The minimum Gasteiger partial charge on any atom is -0.339 e. The molecule has 0 aromatic heterocycles.